The number of fused-ring (bicyclic) bond motifs is 5. The summed E-state index contributed by atoms with van der Waals surface area (Å²) in [5.74, 6) is 2.64. The number of carboxylic acids is 1. The third kappa shape index (κ3) is 4.50. The Morgan fingerprint density at radius 2 is 1.81 bits per heavy atom. The lowest BCUT2D eigenvalue weighted by atomic mass is 9.41. The topological polar surface area (TPSA) is 99.9 Å². The number of aromatic carboxylic acids is 1. The molecule has 4 fully saturated rings. The van der Waals surface area contributed by atoms with Crippen molar-refractivity contribution < 1.29 is 24.9 Å². The van der Waals surface area contributed by atoms with Gasteiger partial charge in [-0.25, -0.2) is 9.78 Å². The van der Waals surface area contributed by atoms with E-state index in [4.69, 9.17) is 4.74 Å². The molecule has 4 saturated carbocycles. The van der Waals surface area contributed by atoms with Crippen LogP contribution in [-0.4, -0.2) is 45.1 Å². The van der Waals surface area contributed by atoms with E-state index < -0.39 is 5.97 Å². The number of aromatic nitrogens is 1. The van der Waals surface area contributed by atoms with Crippen LogP contribution in [0.25, 0.3) is 0 Å². The summed E-state index contributed by atoms with van der Waals surface area (Å²) >= 11 is 0. The molecule has 4 aliphatic carbocycles. The standard InChI is InChI=1S/C31H47NO5/c1-5-20-24-17-19(33)11-14-31(24,4)23-12-15-30(3)21(9-10-22(30)27(23)28(20)34)18(2)13-16-37-26-8-6-7-25(32-26)29(35)36/h6-8,18-24,27-28,33-34H,5,9-17H2,1-4H3,(H,35,36)/t18-,19-,20-,21-,22+,23+,24+,27+,28-,30-,31-/m1/s1. The average molecular weight is 514 g/mol. The van der Waals surface area contributed by atoms with Gasteiger partial charge >= 0.3 is 5.97 Å². The van der Waals surface area contributed by atoms with Crippen molar-refractivity contribution in [2.75, 3.05) is 6.61 Å². The Morgan fingerprint density at radius 1 is 1.08 bits per heavy atom. The van der Waals surface area contributed by atoms with Gasteiger partial charge in [-0.05, 0) is 110 Å². The maximum Gasteiger partial charge on any atom is 0.354 e. The largest absolute Gasteiger partial charge is 0.478 e. The molecule has 0 unspecified atom stereocenters. The summed E-state index contributed by atoms with van der Waals surface area (Å²) in [6.45, 7) is 10.1. The fraction of sp³-hybridized carbons (Fsp3) is 0.806. The minimum absolute atomic E-state index is 0.00767. The van der Waals surface area contributed by atoms with E-state index in [0.29, 0.717) is 53.9 Å². The Bertz CT molecular complexity index is 984. The van der Waals surface area contributed by atoms with Gasteiger partial charge in [0.1, 0.15) is 0 Å². The lowest BCUT2D eigenvalue weighted by Gasteiger charge is -2.64. The Morgan fingerprint density at radius 3 is 2.54 bits per heavy atom. The first-order chi connectivity index (χ1) is 17.6. The Hall–Kier alpha value is -1.66. The van der Waals surface area contributed by atoms with E-state index in [0.717, 1.165) is 32.1 Å². The van der Waals surface area contributed by atoms with Gasteiger partial charge in [0, 0.05) is 6.07 Å². The van der Waals surface area contributed by atoms with E-state index in [1.165, 1.54) is 31.7 Å². The molecule has 11 atom stereocenters. The summed E-state index contributed by atoms with van der Waals surface area (Å²) in [6, 6.07) is 4.87. The molecule has 0 bridgehead atoms. The van der Waals surface area contributed by atoms with Crippen LogP contribution in [0.4, 0.5) is 0 Å². The molecule has 0 aliphatic heterocycles. The molecule has 4 aliphatic rings. The molecule has 0 aromatic carbocycles. The maximum atomic E-state index is 11.9. The van der Waals surface area contributed by atoms with E-state index in [1.807, 2.05) is 0 Å². The van der Waals surface area contributed by atoms with Crippen LogP contribution in [0, 0.1) is 52.3 Å². The predicted molar refractivity (Wildman–Crippen MR) is 142 cm³/mol. The highest BCUT2D eigenvalue weighted by Gasteiger charge is 2.64. The molecule has 5 rings (SSSR count). The second kappa shape index (κ2) is 10.1. The Balaban J connectivity index is 1.29. The molecule has 0 amide bonds. The van der Waals surface area contributed by atoms with Crippen molar-refractivity contribution in [3.8, 4) is 5.88 Å². The first kappa shape index (κ1) is 26.9. The molecule has 0 saturated heterocycles. The zero-order valence-corrected chi connectivity index (χ0v) is 23.1. The fourth-order valence-corrected chi connectivity index (χ4v) is 10.1. The van der Waals surface area contributed by atoms with Crippen molar-refractivity contribution in [3.63, 3.8) is 0 Å². The summed E-state index contributed by atoms with van der Waals surface area (Å²) in [5, 5.41) is 31.6. The molecule has 1 aromatic rings. The summed E-state index contributed by atoms with van der Waals surface area (Å²) in [5.41, 5.74) is 0.479. The van der Waals surface area contributed by atoms with Gasteiger partial charge in [-0.3, -0.25) is 0 Å². The first-order valence-corrected chi connectivity index (χ1v) is 14.8. The third-order valence-corrected chi connectivity index (χ3v) is 11.9. The number of nitrogens with zero attached hydrogens (tertiary/aromatic N) is 1. The molecule has 6 heteroatoms. The number of aliphatic hydroxyl groups is 2. The number of hydrogen-bond acceptors (Lipinski definition) is 5. The van der Waals surface area contributed by atoms with Crippen molar-refractivity contribution in [2.24, 2.45) is 52.3 Å². The number of hydrogen-bond donors (Lipinski definition) is 3. The van der Waals surface area contributed by atoms with E-state index in [9.17, 15) is 20.1 Å². The molecule has 3 N–H and O–H groups in total. The normalized spacial score (nSPS) is 43.8. The van der Waals surface area contributed by atoms with Crippen molar-refractivity contribution in [2.45, 2.75) is 97.7 Å². The smallest absolute Gasteiger partial charge is 0.354 e. The monoisotopic (exact) mass is 513 g/mol. The summed E-state index contributed by atoms with van der Waals surface area (Å²) < 4.78 is 5.87. The zero-order valence-electron chi connectivity index (χ0n) is 23.1. The number of aliphatic hydroxyl groups excluding tert-OH is 2. The van der Waals surface area contributed by atoms with E-state index in [2.05, 4.69) is 32.7 Å². The number of carbonyl (C=O) groups is 1. The second-order valence-corrected chi connectivity index (χ2v) is 13.4. The summed E-state index contributed by atoms with van der Waals surface area (Å²) in [7, 11) is 0. The number of carboxylic acid groups (broad SMARTS) is 1. The highest BCUT2D eigenvalue weighted by atomic mass is 16.5. The third-order valence-electron chi connectivity index (χ3n) is 11.9. The van der Waals surface area contributed by atoms with Gasteiger partial charge < -0.3 is 20.1 Å². The molecule has 1 heterocycles. The Labute approximate surface area is 222 Å². The Kier molecular flexibility index (Phi) is 7.38. The van der Waals surface area contributed by atoms with Crippen molar-refractivity contribution in [1.82, 2.24) is 4.98 Å². The van der Waals surface area contributed by atoms with Gasteiger partial charge in [0.25, 0.3) is 0 Å². The van der Waals surface area contributed by atoms with E-state index >= 15 is 0 Å². The summed E-state index contributed by atoms with van der Waals surface area (Å²) in [6.07, 6.45) is 9.15. The minimum Gasteiger partial charge on any atom is -0.478 e. The van der Waals surface area contributed by atoms with Crippen LogP contribution in [0.5, 0.6) is 5.88 Å². The van der Waals surface area contributed by atoms with Crippen molar-refractivity contribution >= 4 is 5.97 Å². The first-order valence-electron chi connectivity index (χ1n) is 14.8. The number of pyridine rings is 1. The SMILES string of the molecule is CC[C@H]1[C@@H](O)[C@@H]2[C@H](CC[C@]3(C)[C@@H]([C@H](C)CCOc4cccc(C(=O)O)n4)CC[C@@H]23)[C@@]2(C)CC[C@@H](O)C[C@@H]12. The minimum atomic E-state index is -1.04. The lowest BCUT2D eigenvalue weighted by Crippen LogP contribution is -2.62. The molecule has 206 valence electrons. The maximum absolute atomic E-state index is 11.9. The van der Waals surface area contributed by atoms with Crippen LogP contribution in [0.15, 0.2) is 18.2 Å². The van der Waals surface area contributed by atoms with Crippen LogP contribution in [0.2, 0.25) is 0 Å². The van der Waals surface area contributed by atoms with Crippen molar-refractivity contribution in [1.29, 1.82) is 0 Å². The average Bonchev–Trinajstić information content (AvgIpc) is 3.22. The van der Waals surface area contributed by atoms with Gasteiger partial charge in [-0.15, -0.1) is 0 Å². The number of rotatable bonds is 7. The molecular weight excluding hydrogens is 466 g/mol. The molecule has 6 nitrogen and oxygen atoms in total. The van der Waals surface area contributed by atoms with Crippen LogP contribution in [0.1, 0.15) is 96.0 Å². The van der Waals surface area contributed by atoms with Gasteiger partial charge in [0.2, 0.25) is 5.88 Å². The molecule has 0 spiro atoms. The van der Waals surface area contributed by atoms with Gasteiger partial charge in [-0.2, -0.15) is 0 Å². The molecule has 37 heavy (non-hydrogen) atoms. The van der Waals surface area contributed by atoms with E-state index in [-0.39, 0.29) is 28.7 Å². The molecular formula is C31H47NO5. The van der Waals surface area contributed by atoms with Gasteiger partial charge in [0.05, 0.1) is 18.8 Å². The summed E-state index contributed by atoms with van der Waals surface area (Å²) in [4.78, 5) is 15.3. The second-order valence-electron chi connectivity index (χ2n) is 13.4. The van der Waals surface area contributed by atoms with Gasteiger partial charge in [-0.1, -0.05) is 40.2 Å². The fourth-order valence-electron chi connectivity index (χ4n) is 10.1. The van der Waals surface area contributed by atoms with E-state index in [1.54, 1.807) is 12.1 Å². The van der Waals surface area contributed by atoms with Crippen LogP contribution >= 0.6 is 0 Å². The molecule has 1 aromatic heterocycles. The number of ether oxygens (including phenoxy) is 1. The highest BCUT2D eigenvalue weighted by Crippen LogP contribution is 2.69. The quantitative estimate of drug-likeness (QED) is 0.425. The highest BCUT2D eigenvalue weighted by molar-refractivity contribution is 5.85. The zero-order chi connectivity index (χ0) is 26.5. The van der Waals surface area contributed by atoms with Crippen LogP contribution < -0.4 is 4.74 Å². The predicted octanol–water partition coefficient (Wildman–Crippen LogP) is 5.81. The van der Waals surface area contributed by atoms with Crippen molar-refractivity contribution in [3.05, 3.63) is 23.9 Å². The lowest BCUT2D eigenvalue weighted by molar-refractivity contribution is -0.203. The van der Waals surface area contributed by atoms with Crippen LogP contribution in [-0.2, 0) is 0 Å². The molecule has 0 radical (unpaired) electrons. The van der Waals surface area contributed by atoms with Gasteiger partial charge in [0.15, 0.2) is 5.69 Å². The van der Waals surface area contributed by atoms with Crippen LogP contribution in [0.3, 0.4) is 0 Å².